The molecule has 0 saturated heterocycles. The van der Waals surface area contributed by atoms with Crippen molar-refractivity contribution in [2.75, 3.05) is 0 Å². The first-order valence-corrected chi connectivity index (χ1v) is 5.46. The number of hydrogen-bond donors (Lipinski definition) is 1. The summed E-state index contributed by atoms with van der Waals surface area (Å²) in [5, 5.41) is 9.34. The minimum Gasteiger partial charge on any atom is -0.392 e. The highest BCUT2D eigenvalue weighted by Gasteiger charge is 2.09. The van der Waals surface area contributed by atoms with Crippen molar-refractivity contribution >= 4 is 6.29 Å². The van der Waals surface area contributed by atoms with Crippen molar-refractivity contribution in [2.45, 2.75) is 19.6 Å². The van der Waals surface area contributed by atoms with Gasteiger partial charge in [-0.3, -0.25) is 4.79 Å². The number of nitrogens with zero attached hydrogens (tertiary/aromatic N) is 2. The molecular weight excluding hydrogens is 216 g/mol. The molecule has 2 rings (SSSR count). The molecule has 4 nitrogen and oxygen atoms in total. The minimum atomic E-state index is -0.508. The molecule has 4 heteroatoms. The number of carbonyl (C=O) groups excluding carboxylic acids is 1. The van der Waals surface area contributed by atoms with Gasteiger partial charge >= 0.3 is 0 Å². The molecule has 2 aromatic rings. The van der Waals surface area contributed by atoms with E-state index in [0.29, 0.717) is 18.7 Å². The van der Waals surface area contributed by atoms with Gasteiger partial charge in [-0.2, -0.15) is 0 Å². The van der Waals surface area contributed by atoms with E-state index in [9.17, 15) is 9.90 Å². The zero-order valence-electron chi connectivity index (χ0n) is 9.58. The van der Waals surface area contributed by atoms with Crippen LogP contribution in [0, 0.1) is 0 Å². The highest BCUT2D eigenvalue weighted by molar-refractivity contribution is 5.72. The molecule has 1 N–H and O–H groups in total. The number of imidazole rings is 1. The third kappa shape index (κ3) is 2.60. The SMILES string of the molecule is C[C@H](O)Cn1cc(-c2ccccc2)nc1C=O. The summed E-state index contributed by atoms with van der Waals surface area (Å²) in [6.45, 7) is 2.05. The fourth-order valence-corrected chi connectivity index (χ4v) is 1.70. The van der Waals surface area contributed by atoms with E-state index < -0.39 is 6.10 Å². The van der Waals surface area contributed by atoms with Gasteiger partial charge in [0.05, 0.1) is 11.8 Å². The summed E-state index contributed by atoms with van der Waals surface area (Å²) < 4.78 is 1.67. The minimum absolute atomic E-state index is 0.338. The molecule has 0 bridgehead atoms. The van der Waals surface area contributed by atoms with E-state index >= 15 is 0 Å². The predicted octanol–water partition coefficient (Wildman–Crippen LogP) is 1.74. The van der Waals surface area contributed by atoms with Gasteiger partial charge in [0.25, 0.3) is 0 Å². The number of aromatic nitrogens is 2. The Morgan fingerprint density at radius 2 is 2.12 bits per heavy atom. The number of hydrogen-bond acceptors (Lipinski definition) is 3. The van der Waals surface area contributed by atoms with Gasteiger partial charge in [-0.1, -0.05) is 30.3 Å². The summed E-state index contributed by atoms with van der Waals surface area (Å²) in [6.07, 6.45) is 1.98. The van der Waals surface area contributed by atoms with Gasteiger partial charge in [0.1, 0.15) is 0 Å². The van der Waals surface area contributed by atoms with Crippen LogP contribution in [0.3, 0.4) is 0 Å². The van der Waals surface area contributed by atoms with Crippen LogP contribution in [-0.2, 0) is 6.54 Å². The molecule has 0 spiro atoms. The van der Waals surface area contributed by atoms with Gasteiger partial charge in [0.15, 0.2) is 12.1 Å². The molecule has 0 aliphatic carbocycles. The molecule has 0 aliphatic rings. The third-order valence-corrected chi connectivity index (χ3v) is 2.44. The first kappa shape index (κ1) is 11.5. The lowest BCUT2D eigenvalue weighted by Gasteiger charge is -2.05. The van der Waals surface area contributed by atoms with Crippen LogP contribution in [0.5, 0.6) is 0 Å². The van der Waals surface area contributed by atoms with Crippen LogP contribution >= 0.6 is 0 Å². The molecule has 1 aromatic carbocycles. The zero-order valence-corrected chi connectivity index (χ0v) is 9.58. The number of carbonyl (C=O) groups is 1. The van der Waals surface area contributed by atoms with Crippen molar-refractivity contribution in [3.8, 4) is 11.3 Å². The van der Waals surface area contributed by atoms with Gasteiger partial charge in [-0.15, -0.1) is 0 Å². The van der Waals surface area contributed by atoms with Crippen molar-refractivity contribution in [3.05, 3.63) is 42.4 Å². The van der Waals surface area contributed by atoms with E-state index in [1.165, 1.54) is 0 Å². The first-order valence-electron chi connectivity index (χ1n) is 5.46. The average molecular weight is 230 g/mol. The number of aliphatic hydroxyl groups is 1. The summed E-state index contributed by atoms with van der Waals surface area (Å²) in [7, 11) is 0. The van der Waals surface area contributed by atoms with Gasteiger partial charge in [-0.25, -0.2) is 4.98 Å². The Hall–Kier alpha value is -1.94. The molecular formula is C13H14N2O2. The lowest BCUT2D eigenvalue weighted by molar-refractivity contribution is 0.110. The fraction of sp³-hybridized carbons (Fsp3) is 0.231. The Morgan fingerprint density at radius 3 is 2.71 bits per heavy atom. The topological polar surface area (TPSA) is 55.1 Å². The number of benzene rings is 1. The third-order valence-electron chi connectivity index (χ3n) is 2.44. The normalized spacial score (nSPS) is 12.4. The molecule has 1 heterocycles. The molecule has 1 atom stereocenters. The van der Waals surface area contributed by atoms with Crippen LogP contribution < -0.4 is 0 Å². The van der Waals surface area contributed by atoms with E-state index in [4.69, 9.17) is 0 Å². The summed E-state index contributed by atoms with van der Waals surface area (Å²) in [4.78, 5) is 15.1. The Kier molecular flexibility index (Phi) is 3.35. The van der Waals surface area contributed by atoms with Crippen molar-refractivity contribution in [2.24, 2.45) is 0 Å². The summed E-state index contributed by atoms with van der Waals surface area (Å²) in [6, 6.07) is 9.64. The first-order chi connectivity index (χ1) is 8.20. The second kappa shape index (κ2) is 4.93. The Balaban J connectivity index is 2.37. The molecule has 1 aromatic heterocycles. The lowest BCUT2D eigenvalue weighted by Crippen LogP contribution is -2.13. The monoisotopic (exact) mass is 230 g/mol. The van der Waals surface area contributed by atoms with Gasteiger partial charge < -0.3 is 9.67 Å². The van der Waals surface area contributed by atoms with Crippen LogP contribution in [0.25, 0.3) is 11.3 Å². The molecule has 0 aliphatic heterocycles. The average Bonchev–Trinajstić information content (AvgIpc) is 2.72. The molecule has 88 valence electrons. The van der Waals surface area contributed by atoms with Gasteiger partial charge in [0, 0.05) is 18.3 Å². The van der Waals surface area contributed by atoms with Crippen LogP contribution in [0.1, 0.15) is 17.5 Å². The molecule has 0 amide bonds. The van der Waals surface area contributed by atoms with E-state index in [-0.39, 0.29) is 0 Å². The van der Waals surface area contributed by atoms with Crippen LogP contribution in [0.2, 0.25) is 0 Å². The lowest BCUT2D eigenvalue weighted by atomic mass is 10.2. The predicted molar refractivity (Wildman–Crippen MR) is 64.7 cm³/mol. The fourth-order valence-electron chi connectivity index (χ4n) is 1.70. The number of rotatable bonds is 4. The van der Waals surface area contributed by atoms with Crippen LogP contribution in [0.15, 0.2) is 36.5 Å². The van der Waals surface area contributed by atoms with Crippen molar-refractivity contribution in [1.29, 1.82) is 0 Å². The highest BCUT2D eigenvalue weighted by Crippen LogP contribution is 2.17. The smallest absolute Gasteiger partial charge is 0.185 e. The molecule has 0 radical (unpaired) electrons. The van der Waals surface area contributed by atoms with E-state index in [2.05, 4.69) is 4.98 Å². The molecule has 0 saturated carbocycles. The second-order valence-corrected chi connectivity index (χ2v) is 3.97. The van der Waals surface area contributed by atoms with Gasteiger partial charge in [-0.05, 0) is 6.92 Å². The van der Waals surface area contributed by atoms with Crippen molar-refractivity contribution < 1.29 is 9.90 Å². The second-order valence-electron chi connectivity index (χ2n) is 3.97. The molecule has 17 heavy (non-hydrogen) atoms. The van der Waals surface area contributed by atoms with E-state index in [1.54, 1.807) is 17.7 Å². The largest absolute Gasteiger partial charge is 0.392 e. The molecule has 0 fully saturated rings. The van der Waals surface area contributed by atoms with E-state index in [1.807, 2.05) is 30.3 Å². The maximum atomic E-state index is 10.9. The van der Waals surface area contributed by atoms with Gasteiger partial charge in [0.2, 0.25) is 0 Å². The summed E-state index contributed by atoms with van der Waals surface area (Å²) in [5.41, 5.74) is 1.70. The quantitative estimate of drug-likeness (QED) is 0.814. The maximum Gasteiger partial charge on any atom is 0.185 e. The zero-order chi connectivity index (χ0) is 12.3. The number of aldehydes is 1. The van der Waals surface area contributed by atoms with Crippen molar-refractivity contribution in [1.82, 2.24) is 9.55 Å². The Morgan fingerprint density at radius 1 is 1.41 bits per heavy atom. The standard InChI is InChI=1S/C13H14N2O2/c1-10(17)7-15-8-12(14-13(15)9-16)11-5-3-2-4-6-11/h2-6,8-10,17H,7H2,1H3/t10-/m0/s1. The maximum absolute atomic E-state index is 10.9. The van der Waals surface area contributed by atoms with Crippen LogP contribution in [-0.4, -0.2) is 27.0 Å². The Bertz CT molecular complexity index is 503. The van der Waals surface area contributed by atoms with Crippen LogP contribution in [0.4, 0.5) is 0 Å². The van der Waals surface area contributed by atoms with E-state index in [0.717, 1.165) is 11.3 Å². The highest BCUT2D eigenvalue weighted by atomic mass is 16.3. The van der Waals surface area contributed by atoms with Crippen molar-refractivity contribution in [3.63, 3.8) is 0 Å². The molecule has 0 unspecified atom stereocenters. The Labute approximate surface area is 99.5 Å². The number of aliphatic hydroxyl groups excluding tert-OH is 1. The summed E-state index contributed by atoms with van der Waals surface area (Å²) >= 11 is 0. The summed E-state index contributed by atoms with van der Waals surface area (Å²) in [5.74, 6) is 0.338.